The fourth-order valence-corrected chi connectivity index (χ4v) is 3.65. The number of benzene rings is 3. The third-order valence-corrected chi connectivity index (χ3v) is 5.21. The summed E-state index contributed by atoms with van der Waals surface area (Å²) in [5.41, 5.74) is 3.64. The molecule has 0 saturated heterocycles. The Balaban J connectivity index is 1.53. The van der Waals surface area contributed by atoms with Crippen molar-refractivity contribution in [3.05, 3.63) is 107 Å². The molecular formula is C25H23NO3. The van der Waals surface area contributed by atoms with Crippen molar-refractivity contribution in [3.8, 4) is 0 Å². The molecular weight excluding hydrogens is 362 g/mol. The largest absolute Gasteiger partial charge is 0.448 e. The van der Waals surface area contributed by atoms with Gasteiger partial charge in [-0.3, -0.25) is 4.79 Å². The summed E-state index contributed by atoms with van der Waals surface area (Å²) in [6.45, 7) is 1.05. The zero-order valence-corrected chi connectivity index (χ0v) is 16.2. The van der Waals surface area contributed by atoms with Crippen molar-refractivity contribution in [1.29, 1.82) is 0 Å². The number of cyclic esters (lactones) is 1. The highest BCUT2D eigenvalue weighted by Crippen LogP contribution is 2.22. The predicted octanol–water partition coefficient (Wildman–Crippen LogP) is 4.04. The summed E-state index contributed by atoms with van der Waals surface area (Å²) in [5, 5.41) is 0. The van der Waals surface area contributed by atoms with Crippen molar-refractivity contribution in [2.45, 2.75) is 25.5 Å². The molecule has 1 amide bonds. The summed E-state index contributed by atoms with van der Waals surface area (Å²) in [7, 11) is 0. The number of esters is 1. The minimum Gasteiger partial charge on any atom is -0.448 e. The zero-order valence-electron chi connectivity index (χ0n) is 16.2. The highest BCUT2D eigenvalue weighted by atomic mass is 16.5. The Morgan fingerprint density at radius 3 is 2.21 bits per heavy atom. The van der Waals surface area contributed by atoms with Crippen LogP contribution in [0.1, 0.15) is 27.0 Å². The van der Waals surface area contributed by atoms with Gasteiger partial charge in [0.1, 0.15) is 0 Å². The molecule has 4 rings (SSSR count). The van der Waals surface area contributed by atoms with E-state index < -0.39 is 12.1 Å². The summed E-state index contributed by atoms with van der Waals surface area (Å²) in [4.78, 5) is 27.5. The molecule has 0 aromatic heterocycles. The molecule has 0 radical (unpaired) electrons. The summed E-state index contributed by atoms with van der Waals surface area (Å²) in [6, 6.07) is 27.3. The zero-order chi connectivity index (χ0) is 20.1. The number of carbonyl (C=O) groups excluding carboxylic acids is 2. The van der Waals surface area contributed by atoms with Crippen LogP contribution in [0.15, 0.2) is 84.9 Å². The van der Waals surface area contributed by atoms with Crippen molar-refractivity contribution < 1.29 is 14.3 Å². The van der Waals surface area contributed by atoms with Gasteiger partial charge in [0.05, 0.1) is 5.56 Å². The maximum atomic E-state index is 13.3. The third kappa shape index (κ3) is 4.54. The number of nitrogens with zero attached hydrogens (tertiary/aromatic N) is 1. The molecule has 146 valence electrons. The van der Waals surface area contributed by atoms with E-state index >= 15 is 0 Å². The Morgan fingerprint density at radius 2 is 1.48 bits per heavy atom. The number of ether oxygens (including phenoxy) is 1. The Morgan fingerprint density at radius 1 is 0.862 bits per heavy atom. The van der Waals surface area contributed by atoms with E-state index in [-0.39, 0.29) is 5.91 Å². The minimum absolute atomic E-state index is 0.146. The van der Waals surface area contributed by atoms with Crippen LogP contribution in [-0.4, -0.2) is 29.4 Å². The van der Waals surface area contributed by atoms with Gasteiger partial charge >= 0.3 is 5.97 Å². The van der Waals surface area contributed by atoms with E-state index in [0.717, 1.165) is 17.5 Å². The molecule has 29 heavy (non-hydrogen) atoms. The van der Waals surface area contributed by atoms with E-state index in [1.165, 1.54) is 5.56 Å². The molecule has 0 bridgehead atoms. The van der Waals surface area contributed by atoms with Crippen molar-refractivity contribution in [3.63, 3.8) is 0 Å². The van der Waals surface area contributed by atoms with Crippen molar-refractivity contribution in [2.75, 3.05) is 6.54 Å². The lowest BCUT2D eigenvalue weighted by molar-refractivity contribution is -0.141. The van der Waals surface area contributed by atoms with Crippen molar-refractivity contribution in [1.82, 2.24) is 4.90 Å². The molecule has 3 aromatic carbocycles. The lowest BCUT2D eigenvalue weighted by Crippen LogP contribution is -2.44. The smallest absolute Gasteiger partial charge is 0.339 e. The highest BCUT2D eigenvalue weighted by molar-refractivity contribution is 5.95. The van der Waals surface area contributed by atoms with Crippen molar-refractivity contribution >= 4 is 11.9 Å². The highest BCUT2D eigenvalue weighted by Gasteiger charge is 2.33. The average Bonchev–Trinajstić information content (AvgIpc) is 2.77. The molecule has 0 N–H and O–H groups in total. The van der Waals surface area contributed by atoms with E-state index in [1.54, 1.807) is 11.0 Å². The van der Waals surface area contributed by atoms with Crippen LogP contribution in [0.2, 0.25) is 0 Å². The van der Waals surface area contributed by atoms with Gasteiger partial charge in [-0.2, -0.15) is 0 Å². The van der Waals surface area contributed by atoms with E-state index in [1.807, 2.05) is 66.7 Å². The number of carbonyl (C=O) groups is 2. The Kier molecular flexibility index (Phi) is 5.71. The maximum absolute atomic E-state index is 13.3. The standard InChI is InChI=1S/C25H23NO3/c27-24(23-17-21-13-7-8-14-22(21)25(28)29-23)26(18-20-11-5-2-6-12-20)16-15-19-9-3-1-4-10-19/h1-14,23H,15-18H2/t23-/m1/s1. The monoisotopic (exact) mass is 385 g/mol. The van der Waals surface area contributed by atoms with Gasteiger partial charge in [0.25, 0.3) is 5.91 Å². The molecule has 0 fully saturated rings. The van der Waals surface area contributed by atoms with E-state index in [9.17, 15) is 9.59 Å². The summed E-state index contributed by atoms with van der Waals surface area (Å²) >= 11 is 0. The van der Waals surface area contributed by atoms with Crippen LogP contribution in [0, 0.1) is 0 Å². The fraction of sp³-hybridized carbons (Fsp3) is 0.200. The fourth-order valence-electron chi connectivity index (χ4n) is 3.65. The first-order chi connectivity index (χ1) is 14.2. The van der Waals surface area contributed by atoms with Gasteiger partial charge in [-0.15, -0.1) is 0 Å². The SMILES string of the molecule is O=C1O[C@@H](C(=O)N(CCc2ccccc2)Cc2ccccc2)Cc2ccccc21. The molecule has 1 atom stereocenters. The molecule has 4 heteroatoms. The van der Waals surface area contributed by atoms with Crippen LogP contribution >= 0.6 is 0 Å². The molecule has 0 aliphatic carbocycles. The molecule has 0 spiro atoms. The molecule has 0 saturated carbocycles. The van der Waals surface area contributed by atoms with Gasteiger partial charge < -0.3 is 9.64 Å². The molecule has 3 aromatic rings. The second-order valence-corrected chi connectivity index (χ2v) is 7.24. The second kappa shape index (κ2) is 8.74. The number of fused-ring (bicyclic) bond motifs is 1. The number of amides is 1. The molecule has 4 nitrogen and oxygen atoms in total. The minimum atomic E-state index is -0.781. The summed E-state index contributed by atoms with van der Waals surface area (Å²) < 4.78 is 5.52. The van der Waals surface area contributed by atoms with Gasteiger partial charge in [-0.25, -0.2) is 4.79 Å². The quantitative estimate of drug-likeness (QED) is 0.602. The van der Waals surface area contributed by atoms with E-state index in [4.69, 9.17) is 4.74 Å². The maximum Gasteiger partial charge on any atom is 0.339 e. The van der Waals surface area contributed by atoms with Crippen LogP contribution in [0.3, 0.4) is 0 Å². The average molecular weight is 385 g/mol. The van der Waals surface area contributed by atoms with Gasteiger partial charge in [0.2, 0.25) is 0 Å². The first-order valence-electron chi connectivity index (χ1n) is 9.86. The first kappa shape index (κ1) is 18.9. The second-order valence-electron chi connectivity index (χ2n) is 7.24. The number of hydrogen-bond acceptors (Lipinski definition) is 3. The molecule has 0 unspecified atom stereocenters. The first-order valence-corrected chi connectivity index (χ1v) is 9.86. The van der Waals surface area contributed by atoms with E-state index in [0.29, 0.717) is 25.1 Å². The Labute approximate surface area is 170 Å². The number of hydrogen-bond donors (Lipinski definition) is 0. The Bertz CT molecular complexity index is 985. The van der Waals surface area contributed by atoms with Crippen molar-refractivity contribution in [2.24, 2.45) is 0 Å². The molecule has 1 heterocycles. The van der Waals surface area contributed by atoms with Crippen LogP contribution in [0.25, 0.3) is 0 Å². The normalized spacial score (nSPS) is 15.3. The lowest BCUT2D eigenvalue weighted by atomic mass is 9.98. The molecule has 1 aliphatic heterocycles. The summed E-state index contributed by atoms with van der Waals surface area (Å²) in [5.74, 6) is -0.569. The number of rotatable bonds is 6. The lowest BCUT2D eigenvalue weighted by Gasteiger charge is -2.30. The van der Waals surface area contributed by atoms with Crippen LogP contribution in [-0.2, 0) is 28.9 Å². The van der Waals surface area contributed by atoms with Crippen LogP contribution in [0.5, 0.6) is 0 Å². The summed E-state index contributed by atoms with van der Waals surface area (Å²) in [6.07, 6.45) is 0.380. The van der Waals surface area contributed by atoms with Crippen LogP contribution < -0.4 is 0 Å². The topological polar surface area (TPSA) is 46.6 Å². The third-order valence-electron chi connectivity index (χ3n) is 5.21. The van der Waals surface area contributed by atoms with Gasteiger partial charge in [0, 0.05) is 19.5 Å². The Hall–Kier alpha value is -3.40. The molecule has 1 aliphatic rings. The van der Waals surface area contributed by atoms with Gasteiger partial charge in [0.15, 0.2) is 6.10 Å². The van der Waals surface area contributed by atoms with Gasteiger partial charge in [-0.1, -0.05) is 78.9 Å². The predicted molar refractivity (Wildman–Crippen MR) is 111 cm³/mol. The van der Waals surface area contributed by atoms with Gasteiger partial charge in [-0.05, 0) is 29.2 Å². The van der Waals surface area contributed by atoms with E-state index in [2.05, 4.69) is 12.1 Å². The van der Waals surface area contributed by atoms with Crippen LogP contribution in [0.4, 0.5) is 0 Å².